The number of nitrogen functional groups attached to an aromatic ring is 2. The number of nitrogens with one attached hydrogen (secondary N) is 2. The molecule has 1 aliphatic rings. The lowest BCUT2D eigenvalue weighted by molar-refractivity contribution is -0.0540. The average Bonchev–Trinajstić information content (AvgIpc) is 3.44. The summed E-state index contributed by atoms with van der Waals surface area (Å²) < 4.78 is 42.6. The molecule has 0 aliphatic carbocycles. The van der Waals surface area contributed by atoms with Crippen molar-refractivity contribution in [1.82, 2.24) is 39.7 Å². The van der Waals surface area contributed by atoms with Crippen LogP contribution in [0.4, 0.5) is 16.2 Å². The molecule has 0 aromatic carbocycles. The molecule has 1 saturated heterocycles. The summed E-state index contributed by atoms with van der Waals surface area (Å²) in [7, 11) is -3.74. The first-order valence-corrected chi connectivity index (χ1v) is 13.6. The molecule has 7 N–H and O–H groups in total. The minimum Gasteiger partial charge on any atom is -0.387 e. The van der Waals surface area contributed by atoms with Gasteiger partial charge >= 0.3 is 7.67 Å². The summed E-state index contributed by atoms with van der Waals surface area (Å²) in [6.07, 6.45) is 3.60. The van der Waals surface area contributed by atoms with Gasteiger partial charge in [0, 0.05) is 37.9 Å². The van der Waals surface area contributed by atoms with E-state index in [1.165, 1.54) is 17.8 Å². The topological polar surface area (TPSA) is 201 Å². The standard InChI is InChI=1S/C23H28FN10O4P/c1-23(24)18(35)16(38-21(23)34-13-29-17-19(25)32-22(26)33-20(17)34)12-37-39(36,30-10-14-4-2-6-27-8-14)31-11-15-5-3-7-28-9-15/h2-9,13,16,18,21,35H,10-12H2,1H3,(H2,30,31,36)(H4,25,26,32,33)/t16-,18+,21-,23+/m1/s1. The fraction of sp³-hybridized carbons (Fsp3) is 0.348. The van der Waals surface area contributed by atoms with Crippen LogP contribution in [0.2, 0.25) is 0 Å². The normalized spacial score (nSPS) is 23.4. The molecule has 206 valence electrons. The highest BCUT2D eigenvalue weighted by atomic mass is 31.2. The SMILES string of the molecule is C[C@]1(F)[C@@H](O)[C@@H](COP(=O)(NCc2cccnc2)NCc2cccnc2)O[C@H]1n1cnc2c(N)nc(N)nc21. The molecule has 4 aromatic rings. The van der Waals surface area contributed by atoms with Gasteiger partial charge in [-0.15, -0.1) is 0 Å². The van der Waals surface area contributed by atoms with Gasteiger partial charge in [-0.1, -0.05) is 12.1 Å². The molecule has 0 unspecified atom stereocenters. The van der Waals surface area contributed by atoms with Crippen LogP contribution in [-0.2, 0) is 26.9 Å². The van der Waals surface area contributed by atoms with Gasteiger partial charge in [-0.05, 0) is 30.2 Å². The monoisotopic (exact) mass is 558 g/mol. The van der Waals surface area contributed by atoms with Gasteiger partial charge in [-0.2, -0.15) is 9.97 Å². The van der Waals surface area contributed by atoms with E-state index in [1.54, 1.807) is 36.9 Å². The third-order valence-corrected chi connectivity index (χ3v) is 7.95. The zero-order valence-corrected chi connectivity index (χ0v) is 21.8. The van der Waals surface area contributed by atoms with Crippen molar-refractivity contribution in [1.29, 1.82) is 0 Å². The van der Waals surface area contributed by atoms with Gasteiger partial charge in [0.2, 0.25) is 5.95 Å². The molecule has 5 heterocycles. The maximum absolute atomic E-state index is 15.9. The number of ether oxygens (including phenoxy) is 1. The number of aliphatic hydroxyl groups excluding tert-OH is 1. The van der Waals surface area contributed by atoms with Crippen molar-refractivity contribution in [3.8, 4) is 0 Å². The van der Waals surface area contributed by atoms with Crippen LogP contribution in [0.5, 0.6) is 0 Å². The Labute approximate surface area is 222 Å². The zero-order chi connectivity index (χ0) is 27.6. The summed E-state index contributed by atoms with van der Waals surface area (Å²) in [6.45, 7) is 1.13. The van der Waals surface area contributed by atoms with E-state index < -0.39 is 38.4 Å². The molecule has 0 amide bonds. The molecule has 0 saturated carbocycles. The van der Waals surface area contributed by atoms with Crippen molar-refractivity contribution >= 4 is 30.6 Å². The summed E-state index contributed by atoms with van der Waals surface area (Å²) in [4.78, 5) is 20.2. The van der Waals surface area contributed by atoms with Gasteiger partial charge in [0.05, 0.1) is 12.9 Å². The Morgan fingerprint density at radius 1 is 1.15 bits per heavy atom. The molecule has 39 heavy (non-hydrogen) atoms. The van der Waals surface area contributed by atoms with Crippen molar-refractivity contribution in [2.75, 3.05) is 18.1 Å². The van der Waals surface area contributed by atoms with Crippen LogP contribution in [0.15, 0.2) is 55.4 Å². The summed E-state index contributed by atoms with van der Waals surface area (Å²) >= 11 is 0. The summed E-state index contributed by atoms with van der Waals surface area (Å²) in [5, 5.41) is 16.6. The number of rotatable bonds is 10. The van der Waals surface area contributed by atoms with Gasteiger partial charge in [-0.3, -0.25) is 19.1 Å². The molecule has 0 radical (unpaired) electrons. The Bertz CT molecular complexity index is 1430. The fourth-order valence-electron chi connectivity index (χ4n) is 4.20. The van der Waals surface area contributed by atoms with Crippen LogP contribution < -0.4 is 21.6 Å². The van der Waals surface area contributed by atoms with Crippen LogP contribution in [-0.4, -0.2) is 59.1 Å². The first-order chi connectivity index (χ1) is 18.7. The van der Waals surface area contributed by atoms with Crippen molar-refractivity contribution in [3.63, 3.8) is 0 Å². The molecular formula is C23H28FN10O4P. The second kappa shape index (κ2) is 10.9. The maximum Gasteiger partial charge on any atom is 0.341 e. The van der Waals surface area contributed by atoms with E-state index in [4.69, 9.17) is 20.7 Å². The molecule has 0 bridgehead atoms. The van der Waals surface area contributed by atoms with E-state index in [2.05, 4.69) is 35.1 Å². The molecule has 0 spiro atoms. The number of pyridine rings is 2. The summed E-state index contributed by atoms with van der Waals surface area (Å²) in [5.74, 6) is -0.100. The molecule has 1 fully saturated rings. The van der Waals surface area contributed by atoms with E-state index in [-0.39, 0.29) is 36.0 Å². The van der Waals surface area contributed by atoms with Crippen molar-refractivity contribution in [2.45, 2.75) is 44.1 Å². The Morgan fingerprint density at radius 2 is 1.79 bits per heavy atom. The number of aliphatic hydroxyl groups is 1. The maximum atomic E-state index is 15.9. The lowest BCUT2D eigenvalue weighted by Crippen LogP contribution is -2.41. The minimum atomic E-state index is -3.74. The predicted octanol–water partition coefficient (Wildman–Crippen LogP) is 1.47. The Kier molecular flexibility index (Phi) is 7.53. The van der Waals surface area contributed by atoms with E-state index in [1.807, 2.05) is 12.1 Å². The van der Waals surface area contributed by atoms with Crippen molar-refractivity contribution < 1.29 is 23.3 Å². The van der Waals surface area contributed by atoms with Crippen LogP contribution in [0.1, 0.15) is 24.3 Å². The van der Waals surface area contributed by atoms with Gasteiger partial charge in [-0.25, -0.2) is 19.5 Å². The van der Waals surface area contributed by atoms with Gasteiger partial charge in [0.1, 0.15) is 17.7 Å². The average molecular weight is 559 g/mol. The van der Waals surface area contributed by atoms with Crippen molar-refractivity contribution in [2.24, 2.45) is 0 Å². The van der Waals surface area contributed by atoms with Crippen LogP contribution in [0.3, 0.4) is 0 Å². The van der Waals surface area contributed by atoms with Crippen LogP contribution >= 0.6 is 7.67 Å². The number of aromatic nitrogens is 6. The third kappa shape index (κ3) is 5.73. The Hall–Kier alpha value is -3.59. The number of anilines is 2. The number of imidazole rings is 1. The molecular weight excluding hydrogens is 530 g/mol. The highest BCUT2D eigenvalue weighted by Gasteiger charge is 2.55. The number of nitrogens with zero attached hydrogens (tertiary/aromatic N) is 6. The Balaban J connectivity index is 1.33. The largest absolute Gasteiger partial charge is 0.387 e. The third-order valence-electron chi connectivity index (χ3n) is 6.28. The number of hydrogen-bond donors (Lipinski definition) is 5. The number of nitrogens with two attached hydrogens (primary N) is 2. The van der Waals surface area contributed by atoms with Crippen LogP contribution in [0, 0.1) is 0 Å². The lowest BCUT2D eigenvalue weighted by atomic mass is 9.98. The van der Waals surface area contributed by atoms with E-state index >= 15 is 4.39 Å². The highest BCUT2D eigenvalue weighted by molar-refractivity contribution is 7.54. The summed E-state index contributed by atoms with van der Waals surface area (Å²) in [5.41, 5.74) is 11.2. The first-order valence-electron chi connectivity index (χ1n) is 12.0. The van der Waals surface area contributed by atoms with Gasteiger partial charge < -0.3 is 25.8 Å². The first kappa shape index (κ1) is 27.0. The highest BCUT2D eigenvalue weighted by Crippen LogP contribution is 2.45. The fourth-order valence-corrected chi connectivity index (χ4v) is 5.63. The smallest absolute Gasteiger partial charge is 0.341 e. The number of alkyl halides is 1. The molecule has 4 atom stereocenters. The molecule has 1 aliphatic heterocycles. The van der Waals surface area contributed by atoms with Crippen LogP contribution in [0.25, 0.3) is 11.2 Å². The van der Waals surface area contributed by atoms with E-state index in [0.717, 1.165) is 11.1 Å². The molecule has 14 nitrogen and oxygen atoms in total. The van der Waals surface area contributed by atoms with Gasteiger partial charge in [0.25, 0.3) is 0 Å². The summed E-state index contributed by atoms with van der Waals surface area (Å²) in [6, 6.07) is 7.13. The molecule has 5 rings (SSSR count). The second-order valence-corrected chi connectivity index (χ2v) is 11.1. The minimum absolute atomic E-state index is 0.0237. The van der Waals surface area contributed by atoms with E-state index in [9.17, 15) is 9.67 Å². The molecule has 16 heteroatoms. The quantitative estimate of drug-likeness (QED) is 0.175. The van der Waals surface area contributed by atoms with Gasteiger partial charge in [0.15, 0.2) is 23.4 Å². The number of hydrogen-bond acceptors (Lipinski definition) is 11. The number of halogens is 1. The lowest BCUT2D eigenvalue weighted by Gasteiger charge is -2.25. The molecule has 4 aromatic heterocycles. The Morgan fingerprint density at radius 3 is 2.38 bits per heavy atom. The van der Waals surface area contributed by atoms with E-state index in [0.29, 0.717) is 0 Å². The number of fused-ring (bicyclic) bond motifs is 1. The zero-order valence-electron chi connectivity index (χ0n) is 20.9. The van der Waals surface area contributed by atoms with Crippen molar-refractivity contribution in [3.05, 3.63) is 66.5 Å². The predicted molar refractivity (Wildman–Crippen MR) is 139 cm³/mol. The second-order valence-electron chi connectivity index (χ2n) is 9.15.